The summed E-state index contributed by atoms with van der Waals surface area (Å²) in [6.45, 7) is 4.74. The van der Waals surface area contributed by atoms with Crippen LogP contribution in [0, 0.1) is 11.7 Å². The number of halogens is 1. The molecule has 1 unspecified atom stereocenters. The van der Waals surface area contributed by atoms with Gasteiger partial charge in [-0.1, -0.05) is 31.1 Å². The SMILES string of the molecule is CC(C)Cc1cc(C(=O)N2CCNC(=O)C2c2cccc(F)c2)on1. The fourth-order valence-corrected chi connectivity index (χ4v) is 2.96. The Hall–Kier alpha value is -2.70. The summed E-state index contributed by atoms with van der Waals surface area (Å²) in [6, 6.07) is 6.42. The minimum atomic E-state index is -0.893. The zero-order valence-corrected chi connectivity index (χ0v) is 14.2. The predicted molar refractivity (Wildman–Crippen MR) is 88.2 cm³/mol. The van der Waals surface area contributed by atoms with Gasteiger partial charge in [-0.25, -0.2) is 4.39 Å². The van der Waals surface area contributed by atoms with Crippen LogP contribution in [0.3, 0.4) is 0 Å². The standard InChI is InChI=1S/C18H20FN3O3/c1-11(2)8-14-10-15(25-21-14)18(24)22-7-6-20-17(23)16(22)12-4-3-5-13(19)9-12/h3-5,9-11,16H,6-8H2,1-2H3,(H,20,23). The number of amides is 2. The van der Waals surface area contributed by atoms with Gasteiger partial charge in [0.25, 0.3) is 5.91 Å². The summed E-state index contributed by atoms with van der Waals surface area (Å²) in [6.07, 6.45) is 0.699. The predicted octanol–water partition coefficient (Wildman–Crippen LogP) is 2.33. The number of nitrogens with zero attached hydrogens (tertiary/aromatic N) is 2. The number of benzene rings is 1. The van der Waals surface area contributed by atoms with Gasteiger partial charge in [-0.3, -0.25) is 9.59 Å². The van der Waals surface area contributed by atoms with E-state index >= 15 is 0 Å². The molecule has 1 fully saturated rings. The van der Waals surface area contributed by atoms with Crippen molar-refractivity contribution in [3.63, 3.8) is 0 Å². The van der Waals surface area contributed by atoms with E-state index in [0.29, 0.717) is 36.7 Å². The number of aromatic nitrogens is 1. The number of rotatable bonds is 4. The van der Waals surface area contributed by atoms with Crippen LogP contribution >= 0.6 is 0 Å². The highest BCUT2D eigenvalue weighted by atomic mass is 19.1. The second-order valence-electron chi connectivity index (χ2n) is 6.53. The molecule has 0 bridgehead atoms. The lowest BCUT2D eigenvalue weighted by Gasteiger charge is -2.34. The van der Waals surface area contributed by atoms with Crippen LogP contribution in [0.25, 0.3) is 0 Å². The highest BCUT2D eigenvalue weighted by Gasteiger charge is 2.36. The first-order valence-corrected chi connectivity index (χ1v) is 8.25. The molecule has 6 nitrogen and oxygen atoms in total. The van der Waals surface area contributed by atoms with Crippen LogP contribution in [0.15, 0.2) is 34.9 Å². The molecular formula is C18H20FN3O3. The van der Waals surface area contributed by atoms with Crippen LogP contribution in [0.5, 0.6) is 0 Å². The van der Waals surface area contributed by atoms with Gasteiger partial charge in [0.15, 0.2) is 0 Å². The number of nitrogens with one attached hydrogen (secondary N) is 1. The maximum absolute atomic E-state index is 13.6. The second-order valence-corrected chi connectivity index (χ2v) is 6.53. The molecule has 0 saturated carbocycles. The topological polar surface area (TPSA) is 75.4 Å². The summed E-state index contributed by atoms with van der Waals surface area (Å²) >= 11 is 0. The first-order chi connectivity index (χ1) is 12.0. The number of piperazine rings is 1. The minimum absolute atomic E-state index is 0.0896. The van der Waals surface area contributed by atoms with Crippen LogP contribution in [0.4, 0.5) is 4.39 Å². The van der Waals surface area contributed by atoms with E-state index in [1.165, 1.54) is 23.1 Å². The highest BCUT2D eigenvalue weighted by Crippen LogP contribution is 2.26. The van der Waals surface area contributed by atoms with Crippen molar-refractivity contribution in [2.24, 2.45) is 5.92 Å². The van der Waals surface area contributed by atoms with Crippen molar-refractivity contribution in [1.29, 1.82) is 0 Å². The fourth-order valence-electron chi connectivity index (χ4n) is 2.96. The molecule has 0 radical (unpaired) electrons. The molecule has 7 heteroatoms. The Labute approximate surface area is 145 Å². The third-order valence-electron chi connectivity index (χ3n) is 4.02. The monoisotopic (exact) mass is 345 g/mol. The van der Waals surface area contributed by atoms with E-state index in [1.54, 1.807) is 12.1 Å². The Kier molecular flexibility index (Phi) is 4.83. The van der Waals surface area contributed by atoms with E-state index in [9.17, 15) is 14.0 Å². The van der Waals surface area contributed by atoms with E-state index in [1.807, 2.05) is 13.8 Å². The number of carbonyl (C=O) groups excluding carboxylic acids is 2. The summed E-state index contributed by atoms with van der Waals surface area (Å²) in [7, 11) is 0. The third kappa shape index (κ3) is 3.70. The van der Waals surface area contributed by atoms with Crippen molar-refractivity contribution < 1.29 is 18.5 Å². The van der Waals surface area contributed by atoms with Crippen molar-refractivity contribution in [2.75, 3.05) is 13.1 Å². The Balaban J connectivity index is 1.88. The van der Waals surface area contributed by atoms with Crippen LogP contribution in [-0.2, 0) is 11.2 Å². The lowest BCUT2D eigenvalue weighted by Crippen LogP contribution is -2.52. The number of hydrogen-bond donors (Lipinski definition) is 1. The molecular weight excluding hydrogens is 325 g/mol. The Morgan fingerprint density at radius 1 is 1.44 bits per heavy atom. The molecule has 1 aliphatic heterocycles. The number of hydrogen-bond acceptors (Lipinski definition) is 4. The second kappa shape index (κ2) is 7.04. The van der Waals surface area contributed by atoms with Gasteiger partial charge in [-0.2, -0.15) is 0 Å². The first-order valence-electron chi connectivity index (χ1n) is 8.25. The lowest BCUT2D eigenvalue weighted by atomic mass is 10.0. The molecule has 2 amide bonds. The van der Waals surface area contributed by atoms with Crippen LogP contribution in [-0.4, -0.2) is 35.0 Å². The largest absolute Gasteiger partial charge is 0.352 e. The maximum Gasteiger partial charge on any atom is 0.293 e. The van der Waals surface area contributed by atoms with Gasteiger partial charge in [0, 0.05) is 19.2 Å². The smallest absolute Gasteiger partial charge is 0.293 e. The fraction of sp³-hybridized carbons (Fsp3) is 0.389. The van der Waals surface area contributed by atoms with E-state index in [4.69, 9.17) is 4.52 Å². The summed E-state index contributed by atoms with van der Waals surface area (Å²) in [5, 5.41) is 6.64. The van der Waals surface area contributed by atoms with E-state index in [0.717, 1.165) is 0 Å². The summed E-state index contributed by atoms with van der Waals surface area (Å²) in [5.41, 5.74) is 1.12. The van der Waals surface area contributed by atoms with Gasteiger partial charge in [0.05, 0.1) is 5.69 Å². The van der Waals surface area contributed by atoms with Crippen molar-refractivity contribution in [2.45, 2.75) is 26.3 Å². The van der Waals surface area contributed by atoms with Crippen molar-refractivity contribution in [3.05, 3.63) is 53.2 Å². The molecule has 25 heavy (non-hydrogen) atoms. The molecule has 1 aliphatic rings. The molecule has 0 aliphatic carbocycles. The van der Waals surface area contributed by atoms with Gasteiger partial charge in [0.2, 0.25) is 11.7 Å². The zero-order valence-electron chi connectivity index (χ0n) is 14.2. The molecule has 1 aromatic heterocycles. The van der Waals surface area contributed by atoms with E-state index in [-0.39, 0.29) is 11.7 Å². The molecule has 1 atom stereocenters. The lowest BCUT2D eigenvalue weighted by molar-refractivity contribution is -0.128. The normalized spacial score (nSPS) is 17.7. The maximum atomic E-state index is 13.6. The quantitative estimate of drug-likeness (QED) is 0.923. The third-order valence-corrected chi connectivity index (χ3v) is 4.02. The number of carbonyl (C=O) groups is 2. The van der Waals surface area contributed by atoms with Gasteiger partial charge in [-0.15, -0.1) is 0 Å². The summed E-state index contributed by atoms with van der Waals surface area (Å²) in [4.78, 5) is 26.6. The Morgan fingerprint density at radius 2 is 2.24 bits per heavy atom. The summed E-state index contributed by atoms with van der Waals surface area (Å²) < 4.78 is 18.7. The molecule has 1 saturated heterocycles. The van der Waals surface area contributed by atoms with Gasteiger partial charge in [0.1, 0.15) is 11.9 Å². The molecule has 1 aromatic carbocycles. The zero-order chi connectivity index (χ0) is 18.0. The molecule has 1 N–H and O–H groups in total. The van der Waals surface area contributed by atoms with E-state index in [2.05, 4.69) is 10.5 Å². The van der Waals surface area contributed by atoms with Gasteiger partial charge >= 0.3 is 0 Å². The van der Waals surface area contributed by atoms with Crippen LogP contribution < -0.4 is 5.32 Å². The average molecular weight is 345 g/mol. The van der Waals surface area contributed by atoms with E-state index < -0.39 is 17.8 Å². The van der Waals surface area contributed by atoms with Crippen LogP contribution in [0.1, 0.15) is 41.7 Å². The average Bonchev–Trinajstić information content (AvgIpc) is 3.01. The molecule has 132 valence electrons. The van der Waals surface area contributed by atoms with Gasteiger partial charge in [-0.05, 0) is 30.0 Å². The first kappa shape index (κ1) is 17.1. The Morgan fingerprint density at radius 3 is 2.96 bits per heavy atom. The molecule has 0 spiro atoms. The summed E-state index contributed by atoms with van der Waals surface area (Å²) in [5.74, 6) is -0.749. The minimum Gasteiger partial charge on any atom is -0.352 e. The highest BCUT2D eigenvalue weighted by molar-refractivity contribution is 5.96. The van der Waals surface area contributed by atoms with Crippen molar-refractivity contribution in [1.82, 2.24) is 15.4 Å². The molecule has 2 aromatic rings. The molecule has 3 rings (SSSR count). The molecule has 2 heterocycles. The van der Waals surface area contributed by atoms with Crippen LogP contribution in [0.2, 0.25) is 0 Å². The Bertz CT molecular complexity index is 787. The van der Waals surface area contributed by atoms with Crippen molar-refractivity contribution in [3.8, 4) is 0 Å². The van der Waals surface area contributed by atoms with Gasteiger partial charge < -0.3 is 14.7 Å². The van der Waals surface area contributed by atoms with Crippen molar-refractivity contribution >= 4 is 11.8 Å².